The molecular weight excluding hydrogens is 584 g/mol. The van der Waals surface area contributed by atoms with Crippen molar-refractivity contribution in [1.29, 1.82) is 0 Å². The zero-order valence-electron chi connectivity index (χ0n) is 25.0. The molecule has 226 valence electrons. The van der Waals surface area contributed by atoms with Gasteiger partial charge in [0, 0.05) is 50.5 Å². The highest BCUT2D eigenvalue weighted by atomic mass is 35.5. The molecule has 9 heteroatoms. The number of aliphatic imine (C=N–C) groups is 1. The lowest BCUT2D eigenvalue weighted by Gasteiger charge is -2.17. The zero-order valence-corrected chi connectivity index (χ0v) is 25.8. The second kappa shape index (κ2) is 16.9. The molecule has 0 spiro atoms. The number of para-hydroxylation sites is 5. The standard InChI is InChI=1S/C15H13N3O.C8H8ClNO.C8H7N.C5H5N/c1-17(12-7-3-2-4-8-12)15(19)18-11-16-13-9-5-6-10-14(13)18;1-10(8(9)11)7-5-3-2-4-6-7;1-2-4-8-7(3-1)5-6-9-8;1-2-4-6-5-3-1/h2-11H,1H3;2-6H,1H3;1-4,6H,5H2;1-5H. The first-order chi connectivity index (χ1) is 22.0. The normalized spacial score (nSPS) is 10.6. The Morgan fingerprint density at radius 3 is 1.82 bits per heavy atom. The maximum absolute atomic E-state index is 12.5. The lowest BCUT2D eigenvalue weighted by Crippen LogP contribution is -2.30. The molecule has 6 aromatic rings. The molecule has 0 N–H and O–H groups in total. The highest BCUT2D eigenvalue weighted by Crippen LogP contribution is 2.22. The number of carbonyl (C=O) groups is 2. The van der Waals surface area contributed by atoms with Crippen LogP contribution in [0.5, 0.6) is 0 Å². The Labute approximate surface area is 267 Å². The van der Waals surface area contributed by atoms with E-state index >= 15 is 0 Å². The zero-order chi connectivity index (χ0) is 31.9. The van der Waals surface area contributed by atoms with Crippen LogP contribution in [0.4, 0.5) is 26.7 Å². The molecule has 7 rings (SSSR count). The maximum atomic E-state index is 12.5. The largest absolute Gasteiger partial charge is 0.334 e. The van der Waals surface area contributed by atoms with E-state index in [0.717, 1.165) is 34.5 Å². The van der Waals surface area contributed by atoms with E-state index in [1.54, 1.807) is 42.3 Å². The third-order valence-electron chi connectivity index (χ3n) is 6.60. The van der Waals surface area contributed by atoms with Crippen LogP contribution in [-0.4, -0.2) is 46.2 Å². The minimum atomic E-state index is -0.476. The number of carbonyl (C=O) groups excluding carboxylic acids is 2. The van der Waals surface area contributed by atoms with E-state index in [1.807, 2.05) is 128 Å². The molecule has 0 radical (unpaired) electrons. The molecule has 0 bridgehead atoms. The van der Waals surface area contributed by atoms with Crippen molar-refractivity contribution >= 4 is 57.3 Å². The second-order valence-corrected chi connectivity index (χ2v) is 9.92. The molecule has 1 aliphatic rings. The van der Waals surface area contributed by atoms with Gasteiger partial charge in [0.1, 0.15) is 6.33 Å². The molecule has 2 aromatic heterocycles. The van der Waals surface area contributed by atoms with Crippen molar-refractivity contribution in [1.82, 2.24) is 14.5 Å². The van der Waals surface area contributed by atoms with E-state index in [4.69, 9.17) is 11.6 Å². The molecule has 0 saturated carbocycles. The van der Waals surface area contributed by atoms with Gasteiger partial charge >= 0.3 is 11.4 Å². The Morgan fingerprint density at radius 1 is 0.689 bits per heavy atom. The Bertz CT molecular complexity index is 1780. The van der Waals surface area contributed by atoms with Gasteiger partial charge in [-0.1, -0.05) is 72.8 Å². The van der Waals surface area contributed by atoms with Gasteiger partial charge in [0.05, 0.1) is 16.7 Å². The minimum absolute atomic E-state index is 0.125. The van der Waals surface area contributed by atoms with Crippen LogP contribution < -0.4 is 9.80 Å². The predicted octanol–water partition coefficient (Wildman–Crippen LogP) is 8.65. The Kier molecular flexibility index (Phi) is 12.1. The van der Waals surface area contributed by atoms with E-state index in [2.05, 4.69) is 21.0 Å². The summed E-state index contributed by atoms with van der Waals surface area (Å²) in [5.74, 6) is 0. The fraction of sp³-hybridized carbons (Fsp3) is 0.0833. The van der Waals surface area contributed by atoms with Gasteiger partial charge in [0.2, 0.25) is 0 Å². The number of anilines is 2. The maximum Gasteiger partial charge on any atom is 0.334 e. The SMILES string of the molecule is C1=Nc2ccccc2C1.CN(C(=O)Cl)c1ccccc1.CN(C(=O)n1cnc2ccccc21)c1ccccc1.c1ccncc1. The molecule has 3 heterocycles. The van der Waals surface area contributed by atoms with Crippen LogP contribution in [0.1, 0.15) is 5.56 Å². The monoisotopic (exact) mass is 616 g/mol. The number of amides is 2. The summed E-state index contributed by atoms with van der Waals surface area (Å²) >= 11 is 5.25. The van der Waals surface area contributed by atoms with Crippen molar-refractivity contribution in [3.8, 4) is 0 Å². The summed E-state index contributed by atoms with van der Waals surface area (Å²) in [6, 6.07) is 40.2. The van der Waals surface area contributed by atoms with Crippen molar-refractivity contribution in [2.24, 2.45) is 4.99 Å². The van der Waals surface area contributed by atoms with Crippen molar-refractivity contribution in [2.45, 2.75) is 6.42 Å². The van der Waals surface area contributed by atoms with Crippen LogP contribution in [0.2, 0.25) is 0 Å². The first-order valence-electron chi connectivity index (χ1n) is 14.1. The molecule has 4 aromatic carbocycles. The average Bonchev–Trinajstić information content (AvgIpc) is 3.77. The highest BCUT2D eigenvalue weighted by Gasteiger charge is 2.15. The number of imidazole rings is 1. The van der Waals surface area contributed by atoms with E-state index in [1.165, 1.54) is 10.5 Å². The van der Waals surface area contributed by atoms with Crippen LogP contribution in [0.3, 0.4) is 0 Å². The third kappa shape index (κ3) is 9.44. The molecule has 1 aliphatic heterocycles. The molecular formula is C36H33ClN6O2. The van der Waals surface area contributed by atoms with Crippen molar-refractivity contribution in [2.75, 3.05) is 23.9 Å². The summed E-state index contributed by atoms with van der Waals surface area (Å²) in [6.45, 7) is 0. The number of pyridine rings is 1. The van der Waals surface area contributed by atoms with Crippen LogP contribution in [0.25, 0.3) is 11.0 Å². The van der Waals surface area contributed by atoms with Crippen molar-refractivity contribution in [3.63, 3.8) is 0 Å². The van der Waals surface area contributed by atoms with Crippen molar-refractivity contribution < 1.29 is 9.59 Å². The topological polar surface area (TPSA) is 83.7 Å². The third-order valence-corrected chi connectivity index (χ3v) is 6.85. The number of halogens is 1. The first kappa shape index (κ1) is 32.3. The summed E-state index contributed by atoms with van der Waals surface area (Å²) in [5, 5.41) is -0.476. The van der Waals surface area contributed by atoms with Gasteiger partial charge in [0.25, 0.3) is 0 Å². The number of rotatable bonds is 2. The van der Waals surface area contributed by atoms with Gasteiger partial charge < -0.3 is 4.90 Å². The molecule has 0 saturated heterocycles. The lowest BCUT2D eigenvalue weighted by atomic mass is 10.2. The average molecular weight is 617 g/mol. The summed E-state index contributed by atoms with van der Waals surface area (Å²) < 4.78 is 1.56. The number of fused-ring (bicyclic) bond motifs is 2. The van der Waals surface area contributed by atoms with E-state index in [-0.39, 0.29) is 6.03 Å². The lowest BCUT2D eigenvalue weighted by molar-refractivity contribution is 0.249. The molecule has 0 fully saturated rings. The van der Waals surface area contributed by atoms with E-state index in [0.29, 0.717) is 0 Å². The molecule has 0 atom stereocenters. The Balaban J connectivity index is 0.000000150. The minimum Gasteiger partial charge on any atom is -0.302 e. The quantitative estimate of drug-likeness (QED) is 0.144. The number of hydrogen-bond donors (Lipinski definition) is 0. The van der Waals surface area contributed by atoms with Gasteiger partial charge in [-0.3, -0.25) is 24.2 Å². The van der Waals surface area contributed by atoms with Crippen LogP contribution in [0.15, 0.2) is 151 Å². The van der Waals surface area contributed by atoms with E-state index < -0.39 is 5.37 Å². The van der Waals surface area contributed by atoms with E-state index in [9.17, 15) is 9.59 Å². The molecule has 45 heavy (non-hydrogen) atoms. The fourth-order valence-corrected chi connectivity index (χ4v) is 4.25. The predicted molar refractivity (Wildman–Crippen MR) is 184 cm³/mol. The van der Waals surface area contributed by atoms with Gasteiger partial charge in [-0.05, 0) is 71.8 Å². The van der Waals surface area contributed by atoms with Crippen LogP contribution in [0, 0.1) is 0 Å². The van der Waals surface area contributed by atoms with Gasteiger partial charge in [-0.25, -0.2) is 9.78 Å². The molecule has 0 unspecified atom stereocenters. The highest BCUT2D eigenvalue weighted by molar-refractivity contribution is 6.66. The Morgan fingerprint density at radius 2 is 1.24 bits per heavy atom. The molecule has 8 nitrogen and oxygen atoms in total. The van der Waals surface area contributed by atoms with Gasteiger partial charge in [-0.15, -0.1) is 0 Å². The molecule has 2 amide bonds. The molecule has 0 aliphatic carbocycles. The summed E-state index contributed by atoms with van der Waals surface area (Å²) in [5.41, 5.74) is 5.76. The van der Waals surface area contributed by atoms with Gasteiger partial charge in [-0.2, -0.15) is 0 Å². The fourth-order valence-electron chi connectivity index (χ4n) is 4.15. The number of aromatic nitrogens is 3. The Hall–Kier alpha value is -5.60. The van der Waals surface area contributed by atoms with Crippen LogP contribution >= 0.6 is 11.6 Å². The van der Waals surface area contributed by atoms with Crippen LogP contribution in [-0.2, 0) is 6.42 Å². The van der Waals surface area contributed by atoms with Gasteiger partial charge in [0.15, 0.2) is 0 Å². The van der Waals surface area contributed by atoms with Crippen molar-refractivity contribution in [3.05, 3.63) is 152 Å². The number of benzene rings is 4. The summed E-state index contributed by atoms with van der Waals surface area (Å²) in [7, 11) is 3.39. The number of nitrogens with zero attached hydrogens (tertiary/aromatic N) is 6. The second-order valence-electron chi connectivity index (χ2n) is 9.60. The smallest absolute Gasteiger partial charge is 0.302 e. The summed E-state index contributed by atoms with van der Waals surface area (Å²) in [4.78, 5) is 38.3. The first-order valence-corrected chi connectivity index (χ1v) is 14.5. The number of hydrogen-bond acceptors (Lipinski definition) is 5. The summed E-state index contributed by atoms with van der Waals surface area (Å²) in [6.07, 6.45) is 8.02.